The molecule has 2 fully saturated rings. The molecule has 0 spiro atoms. The number of anilines is 1. The van der Waals surface area contributed by atoms with Crippen molar-refractivity contribution in [1.29, 1.82) is 0 Å². The molecule has 0 bridgehead atoms. The standard InChI is InChI=1S/C29H51N3O/c1-23(2)14-19-32(28-15-17-31(18-16-28)21-26(30)20-24(3)4)27-10-12-29(13-11-27)33-22-25-8-6-5-7-9-25/h10-13,23-26,28H,5-9,14-22,30H2,1-4H3/t26-/m0/s1. The Bertz CT molecular complexity index is 645. The number of rotatable bonds is 12. The van der Waals surface area contributed by atoms with Gasteiger partial charge < -0.3 is 20.3 Å². The molecule has 1 heterocycles. The van der Waals surface area contributed by atoms with E-state index in [9.17, 15) is 0 Å². The molecular formula is C29H51N3O. The minimum absolute atomic E-state index is 0.305. The predicted molar refractivity (Wildman–Crippen MR) is 142 cm³/mol. The minimum Gasteiger partial charge on any atom is -0.493 e. The van der Waals surface area contributed by atoms with Crippen LogP contribution in [0.4, 0.5) is 5.69 Å². The minimum atomic E-state index is 0.305. The van der Waals surface area contributed by atoms with Gasteiger partial charge in [0.25, 0.3) is 0 Å². The number of hydrogen-bond donors (Lipinski definition) is 1. The molecule has 4 heteroatoms. The molecule has 0 unspecified atom stereocenters. The van der Waals surface area contributed by atoms with Gasteiger partial charge in [-0.25, -0.2) is 0 Å². The summed E-state index contributed by atoms with van der Waals surface area (Å²) in [5.74, 6) is 3.18. The summed E-state index contributed by atoms with van der Waals surface area (Å²) in [6, 6.07) is 9.90. The maximum atomic E-state index is 6.39. The molecule has 0 radical (unpaired) electrons. The van der Waals surface area contributed by atoms with Gasteiger partial charge in [-0.2, -0.15) is 0 Å². The first-order valence-electron chi connectivity index (χ1n) is 13.9. The third-order valence-corrected chi connectivity index (χ3v) is 7.59. The molecule has 1 saturated carbocycles. The Kier molecular flexibility index (Phi) is 10.8. The molecule has 2 aliphatic rings. The van der Waals surface area contributed by atoms with Crippen LogP contribution in [-0.2, 0) is 0 Å². The highest BCUT2D eigenvalue weighted by atomic mass is 16.5. The van der Waals surface area contributed by atoms with Crippen LogP contribution in [0.25, 0.3) is 0 Å². The SMILES string of the molecule is CC(C)CCN(c1ccc(OCC2CCCCC2)cc1)C1CCN(C[C@@H](N)CC(C)C)CC1. The van der Waals surface area contributed by atoms with Crippen LogP contribution in [0, 0.1) is 17.8 Å². The molecule has 1 saturated heterocycles. The maximum Gasteiger partial charge on any atom is 0.119 e. The largest absolute Gasteiger partial charge is 0.493 e. The fourth-order valence-corrected chi connectivity index (χ4v) is 5.65. The summed E-state index contributed by atoms with van der Waals surface area (Å²) in [5.41, 5.74) is 7.75. The van der Waals surface area contributed by atoms with E-state index in [0.717, 1.165) is 56.8 Å². The normalized spacial score (nSPS) is 19.8. The summed E-state index contributed by atoms with van der Waals surface area (Å²) in [7, 11) is 0. The Morgan fingerprint density at radius 2 is 1.61 bits per heavy atom. The van der Waals surface area contributed by atoms with Crippen molar-refractivity contribution in [2.24, 2.45) is 23.5 Å². The van der Waals surface area contributed by atoms with Gasteiger partial charge in [-0.1, -0.05) is 47.0 Å². The Labute approximate surface area is 204 Å². The fraction of sp³-hybridized carbons (Fsp3) is 0.793. The summed E-state index contributed by atoms with van der Waals surface area (Å²) in [6.45, 7) is 14.6. The Morgan fingerprint density at radius 3 is 2.21 bits per heavy atom. The lowest BCUT2D eigenvalue weighted by atomic mass is 9.90. The fourth-order valence-electron chi connectivity index (χ4n) is 5.65. The summed E-state index contributed by atoms with van der Waals surface area (Å²) >= 11 is 0. The first-order chi connectivity index (χ1) is 15.9. The summed E-state index contributed by atoms with van der Waals surface area (Å²) < 4.78 is 6.17. The highest BCUT2D eigenvalue weighted by Gasteiger charge is 2.26. The van der Waals surface area contributed by atoms with Gasteiger partial charge in [0, 0.05) is 44.0 Å². The summed E-state index contributed by atoms with van der Waals surface area (Å²) in [4.78, 5) is 5.27. The topological polar surface area (TPSA) is 41.7 Å². The van der Waals surface area contributed by atoms with E-state index in [4.69, 9.17) is 10.5 Å². The van der Waals surface area contributed by atoms with Crippen molar-refractivity contribution in [3.63, 3.8) is 0 Å². The first kappa shape index (κ1) is 26.3. The smallest absolute Gasteiger partial charge is 0.119 e. The molecule has 33 heavy (non-hydrogen) atoms. The molecule has 0 aromatic heterocycles. The number of nitrogens with two attached hydrogens (primary N) is 1. The molecule has 188 valence electrons. The zero-order valence-corrected chi connectivity index (χ0v) is 22.0. The molecule has 4 nitrogen and oxygen atoms in total. The number of hydrogen-bond acceptors (Lipinski definition) is 4. The number of nitrogens with zero attached hydrogens (tertiary/aromatic N) is 2. The molecule has 3 rings (SSSR count). The number of ether oxygens (including phenoxy) is 1. The van der Waals surface area contributed by atoms with E-state index in [2.05, 4.69) is 61.8 Å². The Balaban J connectivity index is 1.54. The van der Waals surface area contributed by atoms with E-state index in [1.54, 1.807) is 0 Å². The lowest BCUT2D eigenvalue weighted by Crippen LogP contribution is -2.48. The third kappa shape index (κ3) is 9.13. The van der Waals surface area contributed by atoms with Crippen molar-refractivity contribution in [3.05, 3.63) is 24.3 Å². The van der Waals surface area contributed by atoms with Gasteiger partial charge in [-0.05, 0) is 80.5 Å². The number of benzene rings is 1. The van der Waals surface area contributed by atoms with E-state index in [1.165, 1.54) is 57.1 Å². The average Bonchev–Trinajstić information content (AvgIpc) is 2.79. The zero-order valence-electron chi connectivity index (χ0n) is 22.0. The molecule has 1 aliphatic heterocycles. The van der Waals surface area contributed by atoms with Crippen LogP contribution in [0.5, 0.6) is 5.75 Å². The Morgan fingerprint density at radius 1 is 0.939 bits per heavy atom. The second-order valence-corrected chi connectivity index (χ2v) is 11.6. The number of piperidine rings is 1. The van der Waals surface area contributed by atoms with Gasteiger partial charge in [0.2, 0.25) is 0 Å². The van der Waals surface area contributed by atoms with Gasteiger partial charge >= 0.3 is 0 Å². The van der Waals surface area contributed by atoms with Crippen molar-refractivity contribution in [2.45, 2.75) is 97.6 Å². The van der Waals surface area contributed by atoms with Gasteiger partial charge in [0.15, 0.2) is 0 Å². The van der Waals surface area contributed by atoms with Crippen LogP contribution in [0.3, 0.4) is 0 Å². The molecule has 0 amide bonds. The summed E-state index contributed by atoms with van der Waals surface area (Å²) in [6.07, 6.45) is 11.6. The monoisotopic (exact) mass is 457 g/mol. The average molecular weight is 458 g/mol. The zero-order chi connectivity index (χ0) is 23.6. The summed E-state index contributed by atoms with van der Waals surface area (Å²) in [5, 5.41) is 0. The van der Waals surface area contributed by atoms with Crippen molar-refractivity contribution >= 4 is 5.69 Å². The van der Waals surface area contributed by atoms with E-state index in [1.807, 2.05) is 0 Å². The van der Waals surface area contributed by atoms with E-state index in [0.29, 0.717) is 18.0 Å². The lowest BCUT2D eigenvalue weighted by Gasteiger charge is -2.41. The molecule has 1 aliphatic carbocycles. The van der Waals surface area contributed by atoms with Gasteiger partial charge in [0.1, 0.15) is 5.75 Å². The highest BCUT2D eigenvalue weighted by molar-refractivity contribution is 5.50. The van der Waals surface area contributed by atoms with Gasteiger partial charge in [-0.3, -0.25) is 0 Å². The highest BCUT2D eigenvalue weighted by Crippen LogP contribution is 2.28. The van der Waals surface area contributed by atoms with E-state index >= 15 is 0 Å². The van der Waals surface area contributed by atoms with Crippen LogP contribution >= 0.6 is 0 Å². The maximum absolute atomic E-state index is 6.39. The van der Waals surface area contributed by atoms with Crippen LogP contribution in [0.1, 0.15) is 85.5 Å². The predicted octanol–water partition coefficient (Wildman–Crippen LogP) is 6.34. The molecular weight excluding hydrogens is 406 g/mol. The van der Waals surface area contributed by atoms with Crippen LogP contribution in [0.2, 0.25) is 0 Å². The van der Waals surface area contributed by atoms with Crippen LogP contribution in [-0.4, -0.2) is 49.8 Å². The first-order valence-corrected chi connectivity index (χ1v) is 13.9. The molecule has 2 N–H and O–H groups in total. The number of likely N-dealkylation sites (tertiary alicyclic amines) is 1. The van der Waals surface area contributed by atoms with E-state index < -0.39 is 0 Å². The second kappa shape index (κ2) is 13.6. The molecule has 1 atom stereocenters. The second-order valence-electron chi connectivity index (χ2n) is 11.6. The van der Waals surface area contributed by atoms with Crippen LogP contribution < -0.4 is 15.4 Å². The molecule has 1 aromatic rings. The van der Waals surface area contributed by atoms with Crippen molar-refractivity contribution in [3.8, 4) is 5.75 Å². The van der Waals surface area contributed by atoms with Gasteiger partial charge in [-0.15, -0.1) is 0 Å². The van der Waals surface area contributed by atoms with Gasteiger partial charge in [0.05, 0.1) is 6.61 Å². The van der Waals surface area contributed by atoms with Crippen molar-refractivity contribution in [2.75, 3.05) is 37.7 Å². The van der Waals surface area contributed by atoms with Crippen molar-refractivity contribution in [1.82, 2.24) is 4.90 Å². The lowest BCUT2D eigenvalue weighted by molar-refractivity contribution is 0.191. The van der Waals surface area contributed by atoms with E-state index in [-0.39, 0.29) is 0 Å². The third-order valence-electron chi connectivity index (χ3n) is 7.59. The molecule has 1 aromatic carbocycles. The quantitative estimate of drug-likeness (QED) is 0.398. The van der Waals surface area contributed by atoms with Crippen molar-refractivity contribution < 1.29 is 4.74 Å². The Hall–Kier alpha value is -1.26. The van der Waals surface area contributed by atoms with Crippen LogP contribution in [0.15, 0.2) is 24.3 Å².